The second kappa shape index (κ2) is 7.31. The third kappa shape index (κ3) is 6.31. The topological polar surface area (TPSA) is 9.23 Å². The third-order valence-corrected chi connectivity index (χ3v) is 1.64. The molecule has 0 saturated heterocycles. The van der Waals surface area contributed by atoms with Crippen molar-refractivity contribution >= 4 is 11.8 Å². The standard InChI is InChI=1S/C6H14OS/c1-7-5-3-4-6-8-2/h3-6H2,1-2H3. The van der Waals surface area contributed by atoms with Gasteiger partial charge in [0.05, 0.1) is 0 Å². The van der Waals surface area contributed by atoms with E-state index < -0.39 is 0 Å². The Labute approximate surface area is 55.8 Å². The molecule has 0 aromatic heterocycles. The summed E-state index contributed by atoms with van der Waals surface area (Å²) in [5, 5.41) is 0. The van der Waals surface area contributed by atoms with E-state index in [0.717, 1.165) is 6.61 Å². The van der Waals surface area contributed by atoms with Gasteiger partial charge in [0.2, 0.25) is 0 Å². The molecular formula is C6H14OS. The molecule has 50 valence electrons. The predicted octanol–water partition coefficient (Wildman–Crippen LogP) is 1.78. The maximum atomic E-state index is 4.88. The molecule has 0 radical (unpaired) electrons. The summed E-state index contributed by atoms with van der Waals surface area (Å²) in [5.74, 6) is 1.27. The molecule has 0 aromatic rings. The molecule has 0 saturated carbocycles. The van der Waals surface area contributed by atoms with E-state index in [0.29, 0.717) is 0 Å². The van der Waals surface area contributed by atoms with Crippen LogP contribution in [0, 0.1) is 0 Å². The Hall–Kier alpha value is 0.310. The lowest BCUT2D eigenvalue weighted by atomic mass is 10.4. The van der Waals surface area contributed by atoms with Crippen molar-refractivity contribution < 1.29 is 4.74 Å². The fourth-order valence-electron chi connectivity index (χ4n) is 0.493. The second-order valence-corrected chi connectivity index (χ2v) is 2.68. The zero-order valence-electron chi connectivity index (χ0n) is 5.64. The van der Waals surface area contributed by atoms with Crippen LogP contribution in [0.5, 0.6) is 0 Å². The van der Waals surface area contributed by atoms with Gasteiger partial charge in [0.15, 0.2) is 0 Å². The van der Waals surface area contributed by atoms with Crippen LogP contribution < -0.4 is 0 Å². The summed E-state index contributed by atoms with van der Waals surface area (Å²) >= 11 is 1.90. The maximum absolute atomic E-state index is 4.88. The molecule has 0 fully saturated rings. The van der Waals surface area contributed by atoms with Crippen LogP contribution >= 0.6 is 11.8 Å². The summed E-state index contributed by atoms with van der Waals surface area (Å²) in [6, 6.07) is 0. The number of ether oxygens (including phenoxy) is 1. The minimum atomic E-state index is 0.917. The van der Waals surface area contributed by atoms with E-state index in [2.05, 4.69) is 6.26 Å². The normalized spacial score (nSPS) is 9.75. The Balaban J connectivity index is 2.53. The summed E-state index contributed by atoms with van der Waals surface area (Å²) in [6.45, 7) is 0.917. The maximum Gasteiger partial charge on any atom is 0.0462 e. The molecule has 0 unspecified atom stereocenters. The SMILES string of the molecule is COCCCCSC. The number of rotatable bonds is 5. The smallest absolute Gasteiger partial charge is 0.0462 e. The lowest BCUT2D eigenvalue weighted by Gasteiger charge is -1.95. The molecule has 8 heavy (non-hydrogen) atoms. The third-order valence-electron chi connectivity index (χ3n) is 0.947. The van der Waals surface area contributed by atoms with Gasteiger partial charge in [-0.05, 0) is 24.9 Å². The van der Waals surface area contributed by atoms with Gasteiger partial charge in [-0.3, -0.25) is 0 Å². The van der Waals surface area contributed by atoms with Gasteiger partial charge in [-0.2, -0.15) is 11.8 Å². The van der Waals surface area contributed by atoms with Gasteiger partial charge in [-0.25, -0.2) is 0 Å². The van der Waals surface area contributed by atoms with Crippen molar-refractivity contribution in [2.45, 2.75) is 12.8 Å². The average molecular weight is 134 g/mol. The van der Waals surface area contributed by atoms with Crippen LogP contribution in [0.4, 0.5) is 0 Å². The number of hydrogen-bond acceptors (Lipinski definition) is 2. The highest BCUT2D eigenvalue weighted by Crippen LogP contribution is 1.98. The molecule has 0 heterocycles. The Bertz CT molecular complexity index is 33.5. The van der Waals surface area contributed by atoms with Crippen LogP contribution in [0.1, 0.15) is 12.8 Å². The summed E-state index contributed by atoms with van der Waals surface area (Å²) < 4.78 is 4.88. The van der Waals surface area contributed by atoms with E-state index in [1.807, 2.05) is 11.8 Å². The largest absolute Gasteiger partial charge is 0.385 e. The van der Waals surface area contributed by atoms with Crippen LogP contribution in [0.2, 0.25) is 0 Å². The van der Waals surface area contributed by atoms with Crippen LogP contribution in [-0.4, -0.2) is 25.7 Å². The lowest BCUT2D eigenvalue weighted by molar-refractivity contribution is 0.194. The summed E-state index contributed by atoms with van der Waals surface area (Å²) in [5.41, 5.74) is 0. The zero-order chi connectivity index (χ0) is 6.24. The first-order valence-electron chi connectivity index (χ1n) is 2.89. The van der Waals surface area contributed by atoms with Crippen molar-refractivity contribution in [3.8, 4) is 0 Å². The Morgan fingerprint density at radius 2 is 2.12 bits per heavy atom. The monoisotopic (exact) mass is 134 g/mol. The van der Waals surface area contributed by atoms with E-state index in [1.165, 1.54) is 18.6 Å². The zero-order valence-corrected chi connectivity index (χ0v) is 6.46. The molecule has 0 aliphatic carbocycles. The van der Waals surface area contributed by atoms with Crippen molar-refractivity contribution in [1.29, 1.82) is 0 Å². The van der Waals surface area contributed by atoms with Gasteiger partial charge >= 0.3 is 0 Å². The predicted molar refractivity (Wildman–Crippen MR) is 39.5 cm³/mol. The van der Waals surface area contributed by atoms with Crippen molar-refractivity contribution in [3.63, 3.8) is 0 Å². The van der Waals surface area contributed by atoms with Crippen molar-refractivity contribution in [2.24, 2.45) is 0 Å². The number of thioether (sulfide) groups is 1. The minimum Gasteiger partial charge on any atom is -0.385 e. The summed E-state index contributed by atoms with van der Waals surface area (Å²) in [6.07, 6.45) is 4.62. The quantitative estimate of drug-likeness (QED) is 0.530. The van der Waals surface area contributed by atoms with Gasteiger partial charge in [0, 0.05) is 13.7 Å². The van der Waals surface area contributed by atoms with Gasteiger partial charge in [-0.15, -0.1) is 0 Å². The fraction of sp³-hybridized carbons (Fsp3) is 1.00. The van der Waals surface area contributed by atoms with E-state index >= 15 is 0 Å². The first kappa shape index (κ1) is 8.31. The average Bonchev–Trinajstić information content (AvgIpc) is 1.81. The first-order valence-corrected chi connectivity index (χ1v) is 4.29. The van der Waals surface area contributed by atoms with E-state index in [4.69, 9.17) is 4.74 Å². The Morgan fingerprint density at radius 3 is 2.62 bits per heavy atom. The molecule has 0 spiro atoms. The minimum absolute atomic E-state index is 0.917. The lowest BCUT2D eigenvalue weighted by Crippen LogP contribution is -1.88. The molecule has 0 aliphatic heterocycles. The van der Waals surface area contributed by atoms with Gasteiger partial charge in [0.25, 0.3) is 0 Å². The molecular weight excluding hydrogens is 120 g/mol. The second-order valence-electron chi connectivity index (χ2n) is 1.69. The van der Waals surface area contributed by atoms with Crippen LogP contribution in [0.15, 0.2) is 0 Å². The molecule has 0 N–H and O–H groups in total. The van der Waals surface area contributed by atoms with Gasteiger partial charge < -0.3 is 4.74 Å². The Kier molecular flexibility index (Phi) is 7.59. The molecule has 0 rings (SSSR count). The fourth-order valence-corrected chi connectivity index (χ4v) is 0.986. The molecule has 0 bridgehead atoms. The molecule has 0 amide bonds. The molecule has 0 aromatic carbocycles. The molecule has 0 aliphatic rings. The number of methoxy groups -OCH3 is 1. The van der Waals surface area contributed by atoms with Crippen molar-refractivity contribution in [3.05, 3.63) is 0 Å². The van der Waals surface area contributed by atoms with Crippen LogP contribution in [0.25, 0.3) is 0 Å². The first-order chi connectivity index (χ1) is 3.91. The summed E-state index contributed by atoms with van der Waals surface area (Å²) in [7, 11) is 1.75. The van der Waals surface area contributed by atoms with Crippen LogP contribution in [0.3, 0.4) is 0 Å². The number of unbranched alkanes of at least 4 members (excludes halogenated alkanes) is 1. The van der Waals surface area contributed by atoms with E-state index in [9.17, 15) is 0 Å². The molecule has 1 nitrogen and oxygen atoms in total. The highest BCUT2D eigenvalue weighted by molar-refractivity contribution is 7.98. The van der Waals surface area contributed by atoms with Crippen LogP contribution in [-0.2, 0) is 4.74 Å². The molecule has 2 heteroatoms. The Morgan fingerprint density at radius 1 is 1.38 bits per heavy atom. The number of hydrogen-bond donors (Lipinski definition) is 0. The van der Waals surface area contributed by atoms with E-state index in [1.54, 1.807) is 7.11 Å². The highest BCUT2D eigenvalue weighted by atomic mass is 32.2. The van der Waals surface area contributed by atoms with Crippen molar-refractivity contribution in [2.75, 3.05) is 25.7 Å². The van der Waals surface area contributed by atoms with Crippen molar-refractivity contribution in [1.82, 2.24) is 0 Å². The highest BCUT2D eigenvalue weighted by Gasteiger charge is 1.83. The van der Waals surface area contributed by atoms with Gasteiger partial charge in [-0.1, -0.05) is 0 Å². The van der Waals surface area contributed by atoms with Gasteiger partial charge in [0.1, 0.15) is 0 Å². The molecule has 0 atom stereocenters. The summed E-state index contributed by atoms with van der Waals surface area (Å²) in [4.78, 5) is 0. The van der Waals surface area contributed by atoms with E-state index in [-0.39, 0.29) is 0 Å².